The Hall–Kier alpha value is -1.02. The Bertz CT molecular complexity index is 358. The molecule has 2 nitrogen and oxygen atoms in total. The van der Waals surface area contributed by atoms with E-state index in [2.05, 4.69) is 30.4 Å². The molecule has 0 heterocycles. The maximum absolute atomic E-state index is 5.33. The monoisotopic (exact) mass is 247 g/mol. The molecule has 1 aliphatic rings. The van der Waals surface area contributed by atoms with E-state index in [0.29, 0.717) is 6.04 Å². The number of nitrogens with one attached hydrogen (secondary N) is 1. The van der Waals surface area contributed by atoms with E-state index >= 15 is 0 Å². The zero-order chi connectivity index (χ0) is 12.8. The van der Waals surface area contributed by atoms with Crippen LogP contribution in [0.1, 0.15) is 50.6 Å². The number of rotatable bonds is 6. The molecule has 0 saturated heterocycles. The summed E-state index contributed by atoms with van der Waals surface area (Å²) < 4.78 is 5.33. The van der Waals surface area contributed by atoms with Crippen LogP contribution in [0.4, 0.5) is 0 Å². The predicted molar refractivity (Wildman–Crippen MR) is 76.0 cm³/mol. The highest BCUT2D eigenvalue weighted by molar-refractivity contribution is 5.30. The van der Waals surface area contributed by atoms with Crippen LogP contribution in [0.25, 0.3) is 0 Å². The number of methoxy groups -OCH3 is 1. The highest BCUT2D eigenvalue weighted by Crippen LogP contribution is 2.33. The van der Waals surface area contributed by atoms with Crippen molar-refractivity contribution >= 4 is 0 Å². The quantitative estimate of drug-likeness (QED) is 0.822. The molecule has 0 bridgehead atoms. The minimum Gasteiger partial charge on any atom is -0.497 e. The van der Waals surface area contributed by atoms with Crippen LogP contribution in [0.5, 0.6) is 5.75 Å². The van der Waals surface area contributed by atoms with E-state index in [-0.39, 0.29) is 0 Å². The topological polar surface area (TPSA) is 21.3 Å². The van der Waals surface area contributed by atoms with Gasteiger partial charge in [0.2, 0.25) is 0 Å². The number of ether oxygens (including phenoxy) is 1. The lowest BCUT2D eigenvalue weighted by molar-refractivity contribution is 0.394. The first-order chi connectivity index (χ1) is 8.83. The molecule has 1 N–H and O–H groups in total. The normalized spacial score (nSPS) is 17.9. The van der Waals surface area contributed by atoms with Crippen LogP contribution in [0.3, 0.4) is 0 Å². The highest BCUT2D eigenvalue weighted by atomic mass is 16.5. The number of hydrogen-bond acceptors (Lipinski definition) is 2. The summed E-state index contributed by atoms with van der Waals surface area (Å²) in [7, 11) is 1.73. The molecule has 0 aromatic heterocycles. The fraction of sp³-hybridized carbons (Fsp3) is 0.625. The third-order valence-corrected chi connectivity index (χ3v) is 3.99. The third kappa shape index (κ3) is 3.49. The number of benzene rings is 1. The summed E-state index contributed by atoms with van der Waals surface area (Å²) in [5.41, 5.74) is 1.36. The van der Waals surface area contributed by atoms with Crippen LogP contribution in [0.15, 0.2) is 24.3 Å². The van der Waals surface area contributed by atoms with Gasteiger partial charge in [-0.05, 0) is 36.6 Å². The molecule has 1 fully saturated rings. The maximum Gasteiger partial charge on any atom is 0.119 e. The minimum absolute atomic E-state index is 0.480. The molecule has 1 saturated carbocycles. The Morgan fingerprint density at radius 1 is 1.33 bits per heavy atom. The van der Waals surface area contributed by atoms with E-state index in [1.807, 2.05) is 6.07 Å². The van der Waals surface area contributed by atoms with Crippen LogP contribution in [0, 0.1) is 5.92 Å². The van der Waals surface area contributed by atoms with E-state index in [1.54, 1.807) is 7.11 Å². The van der Waals surface area contributed by atoms with Gasteiger partial charge in [0.1, 0.15) is 5.75 Å². The van der Waals surface area contributed by atoms with Gasteiger partial charge in [-0.3, -0.25) is 0 Å². The highest BCUT2D eigenvalue weighted by Gasteiger charge is 2.20. The average Bonchev–Trinajstić information content (AvgIpc) is 2.91. The van der Waals surface area contributed by atoms with Crippen molar-refractivity contribution in [2.75, 3.05) is 13.7 Å². The van der Waals surface area contributed by atoms with E-state index < -0.39 is 0 Å². The summed E-state index contributed by atoms with van der Waals surface area (Å²) in [4.78, 5) is 0. The van der Waals surface area contributed by atoms with Crippen molar-refractivity contribution in [3.05, 3.63) is 29.8 Å². The largest absolute Gasteiger partial charge is 0.497 e. The zero-order valence-electron chi connectivity index (χ0n) is 11.6. The van der Waals surface area contributed by atoms with Crippen molar-refractivity contribution in [1.29, 1.82) is 0 Å². The summed E-state index contributed by atoms with van der Waals surface area (Å²) in [6.45, 7) is 3.20. The second-order valence-electron chi connectivity index (χ2n) is 5.27. The van der Waals surface area contributed by atoms with Crippen molar-refractivity contribution in [1.82, 2.24) is 5.32 Å². The Morgan fingerprint density at radius 3 is 2.78 bits per heavy atom. The van der Waals surface area contributed by atoms with Gasteiger partial charge in [0.15, 0.2) is 0 Å². The fourth-order valence-corrected chi connectivity index (χ4v) is 3.02. The molecule has 0 aliphatic heterocycles. The SMILES string of the molecule is CCNC(CC1CCCC1)c1cccc(OC)c1. The minimum atomic E-state index is 0.480. The van der Waals surface area contributed by atoms with Gasteiger partial charge in [-0.25, -0.2) is 0 Å². The molecule has 1 aromatic rings. The van der Waals surface area contributed by atoms with Gasteiger partial charge in [0.05, 0.1) is 7.11 Å². The molecule has 2 heteroatoms. The average molecular weight is 247 g/mol. The first-order valence-electron chi connectivity index (χ1n) is 7.20. The molecule has 18 heavy (non-hydrogen) atoms. The molecular weight excluding hydrogens is 222 g/mol. The second kappa shape index (κ2) is 6.79. The molecule has 0 radical (unpaired) electrons. The molecule has 1 aromatic carbocycles. The van der Waals surface area contributed by atoms with Gasteiger partial charge < -0.3 is 10.1 Å². The summed E-state index contributed by atoms with van der Waals surface area (Å²) in [6.07, 6.45) is 6.92. The van der Waals surface area contributed by atoms with Crippen molar-refractivity contribution < 1.29 is 4.74 Å². The van der Waals surface area contributed by atoms with Gasteiger partial charge in [-0.15, -0.1) is 0 Å². The number of hydrogen-bond donors (Lipinski definition) is 1. The first kappa shape index (κ1) is 13.4. The first-order valence-corrected chi connectivity index (χ1v) is 7.20. The molecular formula is C16H25NO. The molecule has 1 atom stereocenters. The van der Waals surface area contributed by atoms with Crippen LogP contribution >= 0.6 is 0 Å². The van der Waals surface area contributed by atoms with Gasteiger partial charge in [-0.1, -0.05) is 44.7 Å². The van der Waals surface area contributed by atoms with Gasteiger partial charge in [0.25, 0.3) is 0 Å². The van der Waals surface area contributed by atoms with Crippen LogP contribution in [-0.2, 0) is 0 Å². The van der Waals surface area contributed by atoms with E-state index in [9.17, 15) is 0 Å². The van der Waals surface area contributed by atoms with Crippen molar-refractivity contribution in [2.24, 2.45) is 5.92 Å². The Labute approximate surface area is 111 Å². The van der Waals surface area contributed by atoms with Crippen LogP contribution < -0.4 is 10.1 Å². The predicted octanol–water partition coefficient (Wildman–Crippen LogP) is 3.93. The molecule has 100 valence electrons. The van der Waals surface area contributed by atoms with Gasteiger partial charge >= 0.3 is 0 Å². The fourth-order valence-electron chi connectivity index (χ4n) is 3.02. The summed E-state index contributed by atoms with van der Waals surface area (Å²) >= 11 is 0. The van der Waals surface area contributed by atoms with Crippen molar-refractivity contribution in [2.45, 2.75) is 45.1 Å². The van der Waals surface area contributed by atoms with Crippen LogP contribution in [0.2, 0.25) is 0 Å². The Morgan fingerprint density at radius 2 is 2.11 bits per heavy atom. The molecule has 1 unspecified atom stereocenters. The standard InChI is InChI=1S/C16H25NO/c1-3-17-16(11-13-7-4-5-8-13)14-9-6-10-15(12-14)18-2/h6,9-10,12-13,16-17H,3-5,7-8,11H2,1-2H3. The summed E-state index contributed by atoms with van der Waals surface area (Å²) in [6, 6.07) is 8.97. The molecule has 1 aliphatic carbocycles. The molecule has 0 spiro atoms. The lowest BCUT2D eigenvalue weighted by Crippen LogP contribution is -2.23. The maximum atomic E-state index is 5.33. The zero-order valence-corrected chi connectivity index (χ0v) is 11.6. The molecule has 2 rings (SSSR count). The van der Waals surface area contributed by atoms with E-state index in [1.165, 1.54) is 37.7 Å². The van der Waals surface area contributed by atoms with Crippen molar-refractivity contribution in [3.8, 4) is 5.75 Å². The van der Waals surface area contributed by atoms with E-state index in [0.717, 1.165) is 18.2 Å². The van der Waals surface area contributed by atoms with Gasteiger partial charge in [-0.2, -0.15) is 0 Å². The summed E-state index contributed by atoms with van der Waals surface area (Å²) in [5.74, 6) is 1.86. The Kier molecular flexibility index (Phi) is 5.06. The van der Waals surface area contributed by atoms with Gasteiger partial charge in [0, 0.05) is 6.04 Å². The van der Waals surface area contributed by atoms with E-state index in [4.69, 9.17) is 4.74 Å². The lowest BCUT2D eigenvalue weighted by Gasteiger charge is -2.22. The third-order valence-electron chi connectivity index (χ3n) is 3.99. The lowest BCUT2D eigenvalue weighted by atomic mass is 9.93. The van der Waals surface area contributed by atoms with Crippen LogP contribution in [-0.4, -0.2) is 13.7 Å². The molecule has 0 amide bonds. The smallest absolute Gasteiger partial charge is 0.119 e. The van der Waals surface area contributed by atoms with Crippen molar-refractivity contribution in [3.63, 3.8) is 0 Å². The summed E-state index contributed by atoms with van der Waals surface area (Å²) in [5, 5.41) is 3.62. The second-order valence-corrected chi connectivity index (χ2v) is 5.27. The Balaban J connectivity index is 2.06.